The summed E-state index contributed by atoms with van der Waals surface area (Å²) in [7, 11) is -4.41. The second kappa shape index (κ2) is 2.06. The number of hydrogen-bond donors (Lipinski definition) is 1. The first-order chi connectivity index (χ1) is 6.06. The van der Waals surface area contributed by atoms with Gasteiger partial charge in [0.15, 0.2) is 0 Å². The van der Waals surface area contributed by atoms with Crippen LogP contribution in [0.15, 0.2) is 5.16 Å². The van der Waals surface area contributed by atoms with Crippen molar-refractivity contribution in [3.05, 3.63) is 0 Å². The van der Waals surface area contributed by atoms with E-state index in [1.165, 1.54) is 0 Å². The van der Waals surface area contributed by atoms with Gasteiger partial charge in [0.05, 0.1) is 5.71 Å². The highest BCUT2D eigenvalue weighted by Gasteiger charge is 2.67. The molecular formula is C7H9NO4S. The van der Waals surface area contributed by atoms with Crippen LogP contribution in [0.5, 0.6) is 0 Å². The van der Waals surface area contributed by atoms with E-state index in [4.69, 9.17) is 4.55 Å². The third-order valence-electron chi connectivity index (χ3n) is 3.44. The molecular weight excluding hydrogens is 194 g/mol. The van der Waals surface area contributed by atoms with Crippen molar-refractivity contribution in [3.8, 4) is 0 Å². The highest BCUT2D eigenvalue weighted by atomic mass is 32.3. The van der Waals surface area contributed by atoms with Crippen LogP contribution < -0.4 is 0 Å². The molecule has 0 spiro atoms. The van der Waals surface area contributed by atoms with Crippen LogP contribution in [0, 0.1) is 23.7 Å². The summed E-state index contributed by atoms with van der Waals surface area (Å²) in [5.41, 5.74) is 0.854. The van der Waals surface area contributed by atoms with Gasteiger partial charge in [0, 0.05) is 11.8 Å². The first kappa shape index (κ1) is 7.75. The maximum absolute atomic E-state index is 10.3. The molecule has 4 bridgehead atoms. The minimum Gasteiger partial charge on any atom is -0.253 e. The number of oxime groups is 1. The second-order valence-electron chi connectivity index (χ2n) is 4.04. The Hall–Kier alpha value is -0.620. The Morgan fingerprint density at radius 2 is 2.00 bits per heavy atom. The van der Waals surface area contributed by atoms with Gasteiger partial charge in [-0.1, -0.05) is 5.16 Å². The normalized spacial score (nSPS) is 48.5. The van der Waals surface area contributed by atoms with Gasteiger partial charge in [0.1, 0.15) is 0 Å². The number of rotatable bonds is 2. The van der Waals surface area contributed by atoms with E-state index >= 15 is 0 Å². The molecule has 6 heteroatoms. The zero-order valence-corrected chi connectivity index (χ0v) is 7.57. The Labute approximate surface area is 75.7 Å². The Morgan fingerprint density at radius 3 is 2.38 bits per heavy atom. The van der Waals surface area contributed by atoms with Gasteiger partial charge in [-0.3, -0.25) is 4.55 Å². The van der Waals surface area contributed by atoms with Crippen LogP contribution in [-0.2, 0) is 14.7 Å². The van der Waals surface area contributed by atoms with Crippen molar-refractivity contribution in [1.29, 1.82) is 0 Å². The van der Waals surface area contributed by atoms with Crippen molar-refractivity contribution in [1.82, 2.24) is 0 Å². The molecule has 0 heterocycles. The number of nitrogens with zero attached hydrogens (tertiary/aromatic N) is 1. The third kappa shape index (κ3) is 1.02. The van der Waals surface area contributed by atoms with Crippen LogP contribution in [0.4, 0.5) is 0 Å². The first-order valence-corrected chi connectivity index (χ1v) is 5.66. The highest BCUT2D eigenvalue weighted by Crippen LogP contribution is 2.68. The van der Waals surface area contributed by atoms with Crippen molar-refractivity contribution in [2.45, 2.75) is 12.8 Å². The molecule has 0 radical (unpaired) electrons. The monoisotopic (exact) mass is 203 g/mol. The fourth-order valence-electron chi connectivity index (χ4n) is 3.02. The van der Waals surface area contributed by atoms with E-state index in [-0.39, 0.29) is 0 Å². The maximum Gasteiger partial charge on any atom is 0.466 e. The summed E-state index contributed by atoms with van der Waals surface area (Å²) in [5.74, 6) is 2.34. The SMILES string of the molecule is O=S(=O)(O)O/N=C1\C2CC3C(C2)C13. The summed E-state index contributed by atoms with van der Waals surface area (Å²) in [6.45, 7) is 0. The zero-order valence-electron chi connectivity index (χ0n) is 6.75. The van der Waals surface area contributed by atoms with Gasteiger partial charge < -0.3 is 0 Å². The van der Waals surface area contributed by atoms with Crippen molar-refractivity contribution >= 4 is 16.1 Å². The molecule has 4 aliphatic rings. The summed E-state index contributed by atoms with van der Waals surface area (Å²) in [5, 5.41) is 3.52. The third-order valence-corrected chi connectivity index (χ3v) is 3.70. The largest absolute Gasteiger partial charge is 0.466 e. The molecule has 4 saturated carbocycles. The molecule has 1 N–H and O–H groups in total. The molecule has 72 valence electrons. The van der Waals surface area contributed by atoms with Crippen molar-refractivity contribution < 1.29 is 17.3 Å². The van der Waals surface area contributed by atoms with E-state index in [1.807, 2.05) is 0 Å². The fraction of sp³-hybridized carbons (Fsp3) is 0.857. The van der Waals surface area contributed by atoms with Gasteiger partial charge in [0.25, 0.3) is 0 Å². The standard InChI is InChI=1S/C7H9NO4S/c9-13(10,11)12-8-7-3-1-4-5(2-3)6(4)7/h3-6H,1-2H2,(H,9,10,11)/b8-7+. The van der Waals surface area contributed by atoms with Crippen LogP contribution in [0.2, 0.25) is 0 Å². The van der Waals surface area contributed by atoms with Crippen molar-refractivity contribution in [3.63, 3.8) is 0 Å². The highest BCUT2D eigenvalue weighted by molar-refractivity contribution is 7.80. The Kier molecular flexibility index (Phi) is 1.23. The van der Waals surface area contributed by atoms with Crippen LogP contribution in [-0.4, -0.2) is 18.7 Å². The van der Waals surface area contributed by atoms with Crippen molar-refractivity contribution in [2.24, 2.45) is 28.8 Å². The van der Waals surface area contributed by atoms with E-state index in [1.54, 1.807) is 0 Å². The van der Waals surface area contributed by atoms with Gasteiger partial charge in [-0.05, 0) is 24.7 Å². The average Bonchev–Trinajstić information content (AvgIpc) is 2.49. The predicted molar refractivity (Wildman–Crippen MR) is 43.3 cm³/mol. The summed E-state index contributed by atoms with van der Waals surface area (Å²) in [4.78, 5) is 0. The topological polar surface area (TPSA) is 76.0 Å². The Morgan fingerprint density at radius 1 is 1.38 bits per heavy atom. The van der Waals surface area contributed by atoms with Crippen LogP contribution in [0.3, 0.4) is 0 Å². The zero-order chi connectivity index (χ0) is 9.22. The molecule has 4 fully saturated rings. The number of hydrogen-bond acceptors (Lipinski definition) is 4. The van der Waals surface area contributed by atoms with Gasteiger partial charge in [0.2, 0.25) is 0 Å². The molecule has 4 rings (SSSR count). The summed E-state index contributed by atoms with van der Waals surface area (Å²) in [6.07, 6.45) is 2.26. The molecule has 0 aromatic heterocycles. The summed E-state index contributed by atoms with van der Waals surface area (Å²) >= 11 is 0. The van der Waals surface area contributed by atoms with Crippen LogP contribution in [0.25, 0.3) is 0 Å². The molecule has 5 nitrogen and oxygen atoms in total. The van der Waals surface area contributed by atoms with Crippen molar-refractivity contribution in [2.75, 3.05) is 0 Å². The van der Waals surface area contributed by atoms with E-state index < -0.39 is 10.4 Å². The molecule has 13 heavy (non-hydrogen) atoms. The quantitative estimate of drug-likeness (QED) is 0.522. The minimum atomic E-state index is -4.41. The van der Waals surface area contributed by atoms with Gasteiger partial charge in [-0.25, -0.2) is 4.28 Å². The van der Waals surface area contributed by atoms with E-state index in [9.17, 15) is 8.42 Å². The lowest BCUT2D eigenvalue weighted by Crippen LogP contribution is -2.07. The fourth-order valence-corrected chi connectivity index (χ4v) is 3.20. The lowest BCUT2D eigenvalue weighted by Gasteiger charge is -2.00. The first-order valence-electron chi connectivity index (χ1n) is 4.30. The van der Waals surface area contributed by atoms with Gasteiger partial charge >= 0.3 is 10.4 Å². The molecule has 2 atom stereocenters. The molecule has 0 aromatic rings. The molecule has 0 amide bonds. The summed E-state index contributed by atoms with van der Waals surface area (Å²) < 4.78 is 32.9. The van der Waals surface area contributed by atoms with Gasteiger partial charge in [-0.15, -0.1) is 0 Å². The van der Waals surface area contributed by atoms with E-state index in [0.717, 1.165) is 30.4 Å². The average molecular weight is 203 g/mol. The molecule has 0 aliphatic heterocycles. The lowest BCUT2D eigenvalue weighted by molar-refractivity contribution is 0.280. The van der Waals surface area contributed by atoms with Crippen LogP contribution >= 0.6 is 0 Å². The molecule has 2 unspecified atom stereocenters. The molecule has 4 aliphatic carbocycles. The summed E-state index contributed by atoms with van der Waals surface area (Å²) in [6, 6.07) is 0. The minimum absolute atomic E-state index is 0.418. The predicted octanol–water partition coefficient (Wildman–Crippen LogP) is 0.448. The molecule has 0 saturated heterocycles. The molecule has 0 aromatic carbocycles. The van der Waals surface area contributed by atoms with Gasteiger partial charge in [-0.2, -0.15) is 8.42 Å². The van der Waals surface area contributed by atoms with Crippen LogP contribution in [0.1, 0.15) is 12.8 Å². The van der Waals surface area contributed by atoms with E-state index in [0.29, 0.717) is 11.8 Å². The van der Waals surface area contributed by atoms with E-state index in [2.05, 4.69) is 9.44 Å². The Balaban J connectivity index is 1.81. The smallest absolute Gasteiger partial charge is 0.253 e. The second-order valence-corrected chi connectivity index (χ2v) is 5.04. The lowest BCUT2D eigenvalue weighted by atomic mass is 10.1. The Bertz CT molecular complexity index is 371. The maximum atomic E-state index is 10.3.